The van der Waals surface area contributed by atoms with Gasteiger partial charge in [0.15, 0.2) is 0 Å². The highest BCUT2D eigenvalue weighted by molar-refractivity contribution is 4.61. The molecule has 0 unspecified atom stereocenters. The number of rotatable bonds is 12. The highest BCUT2D eigenvalue weighted by atomic mass is 15.1. The van der Waals surface area contributed by atoms with Gasteiger partial charge in [-0.25, -0.2) is 0 Å². The second kappa shape index (κ2) is 16.8. The quantitative estimate of drug-likeness (QED) is 0.410. The predicted octanol–water partition coefficient (Wildman–Crippen LogP) is 4.71. The molecular weight excluding hydrogens is 268 g/mol. The van der Waals surface area contributed by atoms with Gasteiger partial charge in [-0.15, -0.1) is 0 Å². The molecule has 0 radical (unpaired) electrons. The molecule has 1 saturated heterocycles. The fourth-order valence-electron chi connectivity index (χ4n) is 3.72. The molecule has 0 atom stereocenters. The van der Waals surface area contributed by atoms with E-state index in [1.54, 1.807) is 0 Å². The summed E-state index contributed by atoms with van der Waals surface area (Å²) in [5, 5.41) is 6.25. The van der Waals surface area contributed by atoms with Gasteiger partial charge in [0.05, 0.1) is 19.6 Å². The lowest BCUT2D eigenvalue weighted by Gasteiger charge is -2.29. The summed E-state index contributed by atoms with van der Waals surface area (Å²) in [7, 11) is 0. The molecule has 0 aromatic heterocycles. The van der Waals surface area contributed by atoms with Crippen molar-refractivity contribution in [3.63, 3.8) is 0 Å². The second-order valence-electron chi connectivity index (χ2n) is 7.06. The minimum absolute atomic E-state index is 1.06. The zero-order valence-corrected chi connectivity index (χ0v) is 15.3. The molecule has 1 N–H and O–H groups in total. The summed E-state index contributed by atoms with van der Waals surface area (Å²) in [6, 6.07) is 0. The molecule has 0 amide bonds. The number of unbranched alkanes of at least 4 members (excludes halogenated alkanes) is 8. The molecule has 1 rings (SSSR count). The number of likely N-dealkylation sites (tertiary alicyclic amines) is 1. The molecule has 0 aromatic carbocycles. The first-order chi connectivity index (χ1) is 10.9. The van der Waals surface area contributed by atoms with Gasteiger partial charge in [-0.1, -0.05) is 71.6 Å². The Morgan fingerprint density at radius 2 is 1.27 bits per heavy atom. The Morgan fingerprint density at radius 3 is 1.77 bits per heavy atom. The summed E-state index contributed by atoms with van der Waals surface area (Å²) in [6.07, 6.45) is 19.0. The summed E-state index contributed by atoms with van der Waals surface area (Å²) in [4.78, 5) is 1.90. The SMILES string of the molecule is CCCCCCCCCCC[NH+]1CCC(CCC)CC1.[C-]#N. The summed E-state index contributed by atoms with van der Waals surface area (Å²) in [6.45, 7) is 13.8. The van der Waals surface area contributed by atoms with Crippen molar-refractivity contribution >= 4 is 0 Å². The zero-order chi connectivity index (χ0) is 16.5. The molecule has 22 heavy (non-hydrogen) atoms. The normalized spacial score (nSPS) is 21.1. The summed E-state index contributed by atoms with van der Waals surface area (Å²) < 4.78 is 0. The number of nitrogens with zero attached hydrogens (tertiary/aromatic N) is 1. The number of piperidine rings is 1. The lowest BCUT2D eigenvalue weighted by Crippen LogP contribution is -3.13. The highest BCUT2D eigenvalue weighted by Crippen LogP contribution is 2.15. The first-order valence-corrected chi connectivity index (χ1v) is 9.92. The van der Waals surface area contributed by atoms with Crippen LogP contribution in [-0.2, 0) is 0 Å². The predicted molar refractivity (Wildman–Crippen MR) is 95.4 cm³/mol. The minimum Gasteiger partial charge on any atom is -0.512 e. The number of hydrogen-bond donors (Lipinski definition) is 1. The van der Waals surface area contributed by atoms with Gasteiger partial charge in [0.25, 0.3) is 0 Å². The molecule has 0 aliphatic carbocycles. The third-order valence-electron chi connectivity index (χ3n) is 5.14. The van der Waals surface area contributed by atoms with Gasteiger partial charge in [-0.3, -0.25) is 0 Å². The van der Waals surface area contributed by atoms with Crippen molar-refractivity contribution in [3.8, 4) is 0 Å². The second-order valence-corrected chi connectivity index (χ2v) is 7.06. The van der Waals surface area contributed by atoms with E-state index in [9.17, 15) is 0 Å². The number of nitrogens with one attached hydrogen (secondary N) is 1. The van der Waals surface area contributed by atoms with E-state index in [1.165, 1.54) is 103 Å². The van der Waals surface area contributed by atoms with E-state index in [2.05, 4.69) is 13.8 Å². The Bertz CT molecular complexity index is 229. The van der Waals surface area contributed by atoms with E-state index in [0.717, 1.165) is 5.92 Å². The molecule has 0 spiro atoms. The molecular formula is C20H40N2. The van der Waals surface area contributed by atoms with Crippen LogP contribution in [0.3, 0.4) is 0 Å². The van der Waals surface area contributed by atoms with Crippen molar-refractivity contribution in [2.24, 2.45) is 5.92 Å². The van der Waals surface area contributed by atoms with Crippen LogP contribution >= 0.6 is 0 Å². The van der Waals surface area contributed by atoms with Crippen LogP contribution in [0, 0.1) is 17.8 Å². The van der Waals surface area contributed by atoms with Gasteiger partial charge < -0.3 is 16.7 Å². The van der Waals surface area contributed by atoms with Crippen LogP contribution in [-0.4, -0.2) is 19.6 Å². The molecule has 130 valence electrons. The van der Waals surface area contributed by atoms with E-state index in [1.807, 2.05) is 4.90 Å². The molecule has 1 fully saturated rings. The first kappa shape index (κ1) is 21.4. The lowest BCUT2D eigenvalue weighted by atomic mass is 9.92. The smallest absolute Gasteiger partial charge is 0.0773 e. The zero-order valence-electron chi connectivity index (χ0n) is 15.3. The monoisotopic (exact) mass is 308 g/mol. The van der Waals surface area contributed by atoms with Gasteiger partial charge in [0.2, 0.25) is 0 Å². The van der Waals surface area contributed by atoms with Crippen molar-refractivity contribution in [2.45, 2.75) is 97.3 Å². The van der Waals surface area contributed by atoms with Crippen LogP contribution in [0.4, 0.5) is 0 Å². The largest absolute Gasteiger partial charge is 0.512 e. The molecule has 1 heterocycles. The summed E-state index contributed by atoms with van der Waals surface area (Å²) in [5.41, 5.74) is 0. The van der Waals surface area contributed by atoms with E-state index in [4.69, 9.17) is 11.8 Å². The molecule has 2 heteroatoms. The Balaban J connectivity index is 0.00000211. The number of hydrogen-bond acceptors (Lipinski definition) is 1. The fourth-order valence-corrected chi connectivity index (χ4v) is 3.72. The molecule has 0 saturated carbocycles. The fraction of sp³-hybridized carbons (Fsp3) is 0.950. The lowest BCUT2D eigenvalue weighted by molar-refractivity contribution is -0.906. The average Bonchev–Trinajstić information content (AvgIpc) is 2.57. The molecule has 0 bridgehead atoms. The van der Waals surface area contributed by atoms with Crippen molar-refractivity contribution in [1.82, 2.24) is 0 Å². The Morgan fingerprint density at radius 1 is 0.773 bits per heavy atom. The van der Waals surface area contributed by atoms with Gasteiger partial charge >= 0.3 is 0 Å². The Kier molecular flexibility index (Phi) is 16.4. The van der Waals surface area contributed by atoms with Gasteiger partial charge in [-0.05, 0) is 31.6 Å². The summed E-state index contributed by atoms with van der Waals surface area (Å²) >= 11 is 0. The van der Waals surface area contributed by atoms with E-state index in [-0.39, 0.29) is 0 Å². The van der Waals surface area contributed by atoms with Crippen molar-refractivity contribution in [1.29, 1.82) is 5.26 Å². The van der Waals surface area contributed by atoms with E-state index in [0.29, 0.717) is 0 Å². The van der Waals surface area contributed by atoms with Gasteiger partial charge in [-0.2, -0.15) is 0 Å². The number of quaternary nitrogens is 1. The Hall–Kier alpha value is -0.550. The maximum absolute atomic E-state index is 6.25. The van der Waals surface area contributed by atoms with Crippen LogP contribution in [0.2, 0.25) is 0 Å². The van der Waals surface area contributed by atoms with Gasteiger partial charge in [0, 0.05) is 0 Å². The topological polar surface area (TPSA) is 28.2 Å². The summed E-state index contributed by atoms with van der Waals surface area (Å²) in [5.74, 6) is 1.06. The molecule has 1 aliphatic rings. The average molecular weight is 309 g/mol. The maximum Gasteiger partial charge on any atom is 0.0773 e. The van der Waals surface area contributed by atoms with Crippen LogP contribution in [0.5, 0.6) is 0 Å². The molecule has 0 aromatic rings. The Labute approximate surface area is 140 Å². The molecule has 1 aliphatic heterocycles. The maximum atomic E-state index is 6.25. The van der Waals surface area contributed by atoms with Crippen molar-refractivity contribution in [2.75, 3.05) is 19.6 Å². The van der Waals surface area contributed by atoms with Crippen molar-refractivity contribution in [3.05, 3.63) is 6.57 Å². The van der Waals surface area contributed by atoms with Crippen LogP contribution in [0.15, 0.2) is 0 Å². The van der Waals surface area contributed by atoms with Crippen LogP contribution in [0.1, 0.15) is 97.3 Å². The standard InChI is InChI=1S/C19H39N.CN/c1-3-5-6-7-8-9-10-11-12-16-20-17-14-19(13-4-2)15-18-20;1-2/h19H,3-18H2,1-2H3;/q;-1/p+1. The third kappa shape index (κ3) is 12.0. The van der Waals surface area contributed by atoms with E-state index >= 15 is 0 Å². The van der Waals surface area contributed by atoms with Crippen LogP contribution in [0.25, 0.3) is 0 Å². The minimum atomic E-state index is 1.06. The first-order valence-electron chi connectivity index (χ1n) is 9.92. The molecule has 2 nitrogen and oxygen atoms in total. The highest BCUT2D eigenvalue weighted by Gasteiger charge is 2.20. The van der Waals surface area contributed by atoms with Crippen LogP contribution < -0.4 is 4.90 Å². The van der Waals surface area contributed by atoms with E-state index < -0.39 is 0 Å². The van der Waals surface area contributed by atoms with Crippen molar-refractivity contribution < 1.29 is 4.90 Å². The van der Waals surface area contributed by atoms with Gasteiger partial charge in [0.1, 0.15) is 0 Å². The third-order valence-corrected chi connectivity index (χ3v) is 5.14.